The Morgan fingerprint density at radius 1 is 1.58 bits per heavy atom. The fraction of sp³-hybridized carbons (Fsp3) is 0.583. The van der Waals surface area contributed by atoms with Gasteiger partial charge in [-0.15, -0.1) is 16.4 Å². The molecule has 1 atom stereocenters. The van der Waals surface area contributed by atoms with Crippen LogP contribution in [0.2, 0.25) is 0 Å². The lowest BCUT2D eigenvalue weighted by molar-refractivity contribution is 0.399. The van der Waals surface area contributed by atoms with E-state index in [1.54, 1.807) is 16.8 Å². The van der Waals surface area contributed by atoms with Crippen LogP contribution in [0.15, 0.2) is 10.9 Å². The molecule has 19 heavy (non-hydrogen) atoms. The molecule has 102 valence electrons. The van der Waals surface area contributed by atoms with E-state index in [9.17, 15) is 0 Å². The Bertz CT molecular complexity index is 506. The summed E-state index contributed by atoms with van der Waals surface area (Å²) in [5.41, 5.74) is 2.68. The molecule has 7 heteroatoms. The van der Waals surface area contributed by atoms with Gasteiger partial charge in [0.2, 0.25) is 5.95 Å². The molecule has 2 aromatic heterocycles. The first-order chi connectivity index (χ1) is 9.36. The van der Waals surface area contributed by atoms with Crippen molar-refractivity contribution in [2.24, 2.45) is 5.92 Å². The second kappa shape index (κ2) is 5.66. The van der Waals surface area contributed by atoms with Crippen molar-refractivity contribution >= 4 is 17.3 Å². The molecule has 3 rings (SSSR count). The Labute approximate surface area is 116 Å². The van der Waals surface area contributed by atoms with Crippen LogP contribution in [-0.2, 0) is 0 Å². The Hall–Kier alpha value is -1.47. The molecule has 6 nitrogen and oxygen atoms in total. The van der Waals surface area contributed by atoms with Crippen molar-refractivity contribution < 1.29 is 0 Å². The molecule has 1 saturated heterocycles. The molecule has 1 aliphatic heterocycles. The van der Waals surface area contributed by atoms with Gasteiger partial charge in [-0.3, -0.25) is 5.10 Å². The fourth-order valence-electron chi connectivity index (χ4n) is 2.54. The number of rotatable bonds is 4. The molecule has 3 heterocycles. The Balaban J connectivity index is 1.72. The molecule has 0 bridgehead atoms. The maximum atomic E-state index is 4.55. The van der Waals surface area contributed by atoms with Gasteiger partial charge in [-0.2, -0.15) is 4.98 Å². The first-order valence-electron chi connectivity index (χ1n) is 6.57. The van der Waals surface area contributed by atoms with Gasteiger partial charge in [-0.05, 0) is 32.4 Å². The van der Waals surface area contributed by atoms with Gasteiger partial charge < -0.3 is 10.2 Å². The van der Waals surface area contributed by atoms with Gasteiger partial charge in [0.25, 0.3) is 0 Å². The molecule has 0 radical (unpaired) electrons. The van der Waals surface area contributed by atoms with E-state index in [0.29, 0.717) is 5.92 Å². The lowest BCUT2D eigenvalue weighted by atomic mass is 9.98. The maximum Gasteiger partial charge on any atom is 0.245 e. The molecule has 2 N–H and O–H groups in total. The quantitative estimate of drug-likeness (QED) is 0.884. The minimum Gasteiger partial charge on any atom is -0.339 e. The minimum atomic E-state index is 0.681. The zero-order valence-corrected chi connectivity index (χ0v) is 11.8. The van der Waals surface area contributed by atoms with Crippen LogP contribution >= 0.6 is 11.3 Å². The maximum absolute atomic E-state index is 4.55. The lowest BCUT2D eigenvalue weighted by Crippen LogP contribution is -2.39. The van der Waals surface area contributed by atoms with Crippen LogP contribution in [0.25, 0.3) is 11.5 Å². The van der Waals surface area contributed by atoms with Crippen LogP contribution in [-0.4, -0.2) is 46.8 Å². The predicted octanol–water partition coefficient (Wildman–Crippen LogP) is 1.36. The summed E-state index contributed by atoms with van der Waals surface area (Å²) in [6.07, 6.45) is 2.48. The first-order valence-corrected chi connectivity index (χ1v) is 7.51. The number of hydrogen-bond donors (Lipinski definition) is 2. The van der Waals surface area contributed by atoms with Crippen LogP contribution in [0.5, 0.6) is 0 Å². The van der Waals surface area contributed by atoms with Crippen LogP contribution < -0.4 is 10.2 Å². The largest absolute Gasteiger partial charge is 0.339 e. The van der Waals surface area contributed by atoms with Crippen LogP contribution in [0.1, 0.15) is 12.8 Å². The lowest BCUT2D eigenvalue weighted by Gasteiger charge is -2.31. The van der Waals surface area contributed by atoms with Gasteiger partial charge in [-0.25, -0.2) is 4.98 Å². The topological polar surface area (TPSA) is 69.7 Å². The van der Waals surface area contributed by atoms with Crippen LogP contribution in [0, 0.1) is 5.92 Å². The average molecular weight is 278 g/mol. The molecule has 0 aromatic carbocycles. The van der Waals surface area contributed by atoms with Crippen molar-refractivity contribution in [2.45, 2.75) is 12.8 Å². The van der Waals surface area contributed by atoms with Crippen molar-refractivity contribution in [3.8, 4) is 11.5 Å². The summed E-state index contributed by atoms with van der Waals surface area (Å²) in [6, 6.07) is 0. The summed E-state index contributed by atoms with van der Waals surface area (Å²) in [5, 5.41) is 12.5. The van der Waals surface area contributed by atoms with Gasteiger partial charge in [0.1, 0.15) is 5.69 Å². The number of aromatic amines is 1. The van der Waals surface area contributed by atoms with E-state index in [4.69, 9.17) is 0 Å². The monoisotopic (exact) mass is 278 g/mol. The van der Waals surface area contributed by atoms with Gasteiger partial charge in [0.05, 0.1) is 5.51 Å². The number of H-pyrrole nitrogens is 1. The van der Waals surface area contributed by atoms with Crippen molar-refractivity contribution in [2.75, 3.05) is 31.6 Å². The van der Waals surface area contributed by atoms with Crippen LogP contribution in [0.3, 0.4) is 0 Å². The Kier molecular flexibility index (Phi) is 3.74. The van der Waals surface area contributed by atoms with Crippen molar-refractivity contribution in [3.05, 3.63) is 10.9 Å². The minimum absolute atomic E-state index is 0.681. The van der Waals surface area contributed by atoms with Crippen molar-refractivity contribution in [1.82, 2.24) is 25.5 Å². The molecule has 0 aliphatic carbocycles. The fourth-order valence-corrected chi connectivity index (χ4v) is 3.08. The van der Waals surface area contributed by atoms with Crippen LogP contribution in [0.4, 0.5) is 5.95 Å². The standard InChI is InChI=1S/C12H18N6S/c1-13-5-9-3-2-4-18(6-9)12-15-11(16-17-12)10-7-19-8-14-10/h7-9,13H,2-6H2,1H3,(H,15,16,17). The molecule has 0 amide bonds. The van der Waals surface area contributed by atoms with Gasteiger partial charge in [0, 0.05) is 18.5 Å². The number of nitrogens with one attached hydrogen (secondary N) is 2. The third-order valence-electron chi connectivity index (χ3n) is 3.44. The van der Waals surface area contributed by atoms with E-state index < -0.39 is 0 Å². The Morgan fingerprint density at radius 3 is 3.32 bits per heavy atom. The second-order valence-electron chi connectivity index (χ2n) is 4.87. The summed E-state index contributed by atoms with van der Waals surface area (Å²) in [7, 11) is 2.01. The number of aromatic nitrogens is 4. The number of anilines is 1. The first kappa shape index (κ1) is 12.6. The number of nitrogens with zero attached hydrogens (tertiary/aromatic N) is 4. The van der Waals surface area contributed by atoms with Gasteiger partial charge >= 0.3 is 0 Å². The smallest absolute Gasteiger partial charge is 0.245 e. The highest BCUT2D eigenvalue weighted by atomic mass is 32.1. The average Bonchev–Trinajstić information content (AvgIpc) is 3.11. The highest BCUT2D eigenvalue weighted by Crippen LogP contribution is 2.22. The van der Waals surface area contributed by atoms with E-state index >= 15 is 0 Å². The third-order valence-corrected chi connectivity index (χ3v) is 4.03. The molecule has 0 spiro atoms. The predicted molar refractivity (Wildman–Crippen MR) is 76.4 cm³/mol. The highest BCUT2D eigenvalue weighted by Gasteiger charge is 2.22. The number of piperidine rings is 1. The van der Waals surface area contributed by atoms with E-state index in [2.05, 4.69) is 30.4 Å². The SMILES string of the molecule is CNCC1CCCN(c2n[nH]c(-c3cscn3)n2)C1. The van der Waals surface area contributed by atoms with Crippen molar-refractivity contribution in [1.29, 1.82) is 0 Å². The van der Waals surface area contributed by atoms with E-state index in [0.717, 1.165) is 37.1 Å². The van der Waals surface area contributed by atoms with E-state index in [-0.39, 0.29) is 0 Å². The molecule has 1 aliphatic rings. The summed E-state index contributed by atoms with van der Waals surface area (Å²) in [5.74, 6) is 2.23. The summed E-state index contributed by atoms with van der Waals surface area (Å²) in [4.78, 5) is 11.1. The molecule has 0 saturated carbocycles. The number of hydrogen-bond acceptors (Lipinski definition) is 6. The molecular formula is C12H18N6S. The van der Waals surface area contributed by atoms with Crippen molar-refractivity contribution in [3.63, 3.8) is 0 Å². The zero-order chi connectivity index (χ0) is 13.1. The summed E-state index contributed by atoms with van der Waals surface area (Å²) in [6.45, 7) is 3.11. The van der Waals surface area contributed by atoms with E-state index in [1.807, 2.05) is 12.4 Å². The molecule has 1 fully saturated rings. The Morgan fingerprint density at radius 2 is 2.53 bits per heavy atom. The normalized spacial score (nSPS) is 19.8. The van der Waals surface area contributed by atoms with Gasteiger partial charge in [-0.1, -0.05) is 0 Å². The summed E-state index contributed by atoms with van der Waals surface area (Å²) >= 11 is 1.57. The molecular weight excluding hydrogens is 260 g/mol. The number of thiazole rings is 1. The molecule has 2 aromatic rings. The molecule has 1 unspecified atom stereocenters. The van der Waals surface area contributed by atoms with Gasteiger partial charge in [0.15, 0.2) is 5.82 Å². The third kappa shape index (κ3) is 2.76. The highest BCUT2D eigenvalue weighted by molar-refractivity contribution is 7.07. The second-order valence-corrected chi connectivity index (χ2v) is 5.59. The van der Waals surface area contributed by atoms with E-state index in [1.165, 1.54) is 12.8 Å². The summed E-state index contributed by atoms with van der Waals surface area (Å²) < 4.78 is 0. The zero-order valence-electron chi connectivity index (χ0n) is 11.0.